The fraction of sp³-hybridized carbons (Fsp3) is 0.600. The highest BCUT2D eigenvalue weighted by Crippen LogP contribution is 1.95. The molecule has 0 spiro atoms. The summed E-state index contributed by atoms with van der Waals surface area (Å²) < 4.78 is 4.00. The first-order chi connectivity index (χ1) is 7.15. The molecule has 0 aromatic carbocycles. The van der Waals surface area contributed by atoms with Gasteiger partial charge in [-0.3, -0.25) is 0 Å². The van der Waals surface area contributed by atoms with E-state index in [1.165, 1.54) is 6.21 Å². The number of aryl methyl sites for hydroxylation is 2. The van der Waals surface area contributed by atoms with Crippen LogP contribution in [0.2, 0.25) is 0 Å². The zero-order valence-electron chi connectivity index (χ0n) is 10.4. The summed E-state index contributed by atoms with van der Waals surface area (Å²) >= 11 is 0. The number of halogens is 2. The first kappa shape index (κ1) is 18.6. The summed E-state index contributed by atoms with van der Waals surface area (Å²) in [5.41, 5.74) is 0. The summed E-state index contributed by atoms with van der Waals surface area (Å²) in [4.78, 5) is 2.16. The average Bonchev–Trinajstić information content (AvgIpc) is 2.50. The van der Waals surface area contributed by atoms with Gasteiger partial charge in [-0.2, -0.15) is 0 Å². The van der Waals surface area contributed by atoms with E-state index in [0.717, 1.165) is 25.3 Å². The zero-order chi connectivity index (χ0) is 11.3. The molecule has 1 heterocycles. The summed E-state index contributed by atoms with van der Waals surface area (Å²) in [5, 5.41) is 11.6. The number of rotatable bonds is 5. The zero-order valence-corrected chi connectivity index (χ0v) is 11.9. The van der Waals surface area contributed by atoms with E-state index in [1.807, 2.05) is 24.0 Å². The molecule has 0 amide bonds. The molecular formula is C10H20Cl2N4O. The molecule has 0 bridgehead atoms. The van der Waals surface area contributed by atoms with E-state index in [9.17, 15) is 0 Å². The molecule has 0 aliphatic rings. The lowest BCUT2D eigenvalue weighted by atomic mass is 10.4. The fourth-order valence-corrected chi connectivity index (χ4v) is 1.50. The van der Waals surface area contributed by atoms with Crippen LogP contribution >= 0.6 is 12.4 Å². The molecular weight excluding hydrogens is 263 g/mol. The summed E-state index contributed by atoms with van der Waals surface area (Å²) in [6.45, 7) is 1.98. The SMILES string of the molecule is CN(C)CCCn1cc[n+](C)c1/C=N/O.Cl.[Cl-]. The molecule has 7 heteroatoms. The van der Waals surface area contributed by atoms with Crippen LogP contribution in [-0.2, 0) is 13.6 Å². The Morgan fingerprint density at radius 1 is 1.53 bits per heavy atom. The standard InChI is InChI=1S/C10H18N4O.2ClH/c1-12(2)5-4-6-14-8-7-13(3)10(14)9-11-15;;/h7-9H,4-6H2,1-3H3;2*1H. The predicted octanol–water partition coefficient (Wildman–Crippen LogP) is -2.50. The molecule has 0 saturated heterocycles. The van der Waals surface area contributed by atoms with Gasteiger partial charge in [-0.1, -0.05) is 5.16 Å². The van der Waals surface area contributed by atoms with Crippen LogP contribution in [0.5, 0.6) is 0 Å². The van der Waals surface area contributed by atoms with Crippen molar-refractivity contribution in [3.8, 4) is 0 Å². The van der Waals surface area contributed by atoms with Crippen molar-refractivity contribution in [3.05, 3.63) is 18.2 Å². The van der Waals surface area contributed by atoms with Crippen LogP contribution in [0.25, 0.3) is 0 Å². The number of imidazole rings is 1. The molecule has 0 saturated carbocycles. The van der Waals surface area contributed by atoms with E-state index >= 15 is 0 Å². The Morgan fingerprint density at radius 2 is 2.18 bits per heavy atom. The van der Waals surface area contributed by atoms with Crippen LogP contribution in [0.1, 0.15) is 12.2 Å². The quantitative estimate of drug-likeness (QED) is 0.281. The van der Waals surface area contributed by atoms with Crippen molar-refractivity contribution in [3.63, 3.8) is 0 Å². The highest BCUT2D eigenvalue weighted by Gasteiger charge is 2.11. The third kappa shape index (κ3) is 5.91. The van der Waals surface area contributed by atoms with Gasteiger partial charge in [0.25, 0.3) is 0 Å². The first-order valence-electron chi connectivity index (χ1n) is 5.02. The topological polar surface area (TPSA) is 44.6 Å². The highest BCUT2D eigenvalue weighted by molar-refractivity contribution is 5.85. The maximum Gasteiger partial charge on any atom is 0.303 e. The molecule has 0 aliphatic heterocycles. The lowest BCUT2D eigenvalue weighted by Crippen LogP contribution is -3.00. The van der Waals surface area contributed by atoms with Crippen LogP contribution < -0.4 is 17.0 Å². The highest BCUT2D eigenvalue weighted by atomic mass is 35.5. The minimum atomic E-state index is 0. The number of oxime groups is 1. The summed E-state index contributed by atoms with van der Waals surface area (Å²) in [7, 11) is 6.05. The lowest BCUT2D eigenvalue weighted by Gasteiger charge is -2.07. The monoisotopic (exact) mass is 282 g/mol. The van der Waals surface area contributed by atoms with E-state index in [4.69, 9.17) is 5.21 Å². The maximum absolute atomic E-state index is 8.54. The summed E-state index contributed by atoms with van der Waals surface area (Å²) in [6.07, 6.45) is 6.48. The fourth-order valence-electron chi connectivity index (χ4n) is 1.50. The minimum absolute atomic E-state index is 0. The Bertz CT molecular complexity index is 339. The molecule has 0 fully saturated rings. The lowest BCUT2D eigenvalue weighted by molar-refractivity contribution is -0.671. The molecule has 0 radical (unpaired) electrons. The molecule has 1 rings (SSSR count). The Labute approximate surface area is 115 Å². The number of hydrogen-bond acceptors (Lipinski definition) is 3. The van der Waals surface area contributed by atoms with E-state index in [0.29, 0.717) is 0 Å². The number of nitrogens with zero attached hydrogens (tertiary/aromatic N) is 4. The van der Waals surface area contributed by atoms with Crippen molar-refractivity contribution in [1.82, 2.24) is 9.47 Å². The minimum Gasteiger partial charge on any atom is -1.00 e. The summed E-state index contributed by atoms with van der Waals surface area (Å²) in [5.74, 6) is 0.899. The second kappa shape index (κ2) is 9.27. The molecule has 1 N–H and O–H groups in total. The van der Waals surface area contributed by atoms with Gasteiger partial charge in [0.15, 0.2) is 6.21 Å². The number of aromatic nitrogens is 2. The van der Waals surface area contributed by atoms with E-state index in [-0.39, 0.29) is 24.8 Å². The predicted molar refractivity (Wildman–Crippen MR) is 65.4 cm³/mol. The first-order valence-corrected chi connectivity index (χ1v) is 5.02. The van der Waals surface area contributed by atoms with Crippen LogP contribution in [0.3, 0.4) is 0 Å². The van der Waals surface area contributed by atoms with Crippen molar-refractivity contribution in [2.45, 2.75) is 13.0 Å². The van der Waals surface area contributed by atoms with Gasteiger partial charge in [0, 0.05) is 6.54 Å². The van der Waals surface area contributed by atoms with E-state index in [1.54, 1.807) is 0 Å². The van der Waals surface area contributed by atoms with Crippen molar-refractivity contribution < 1.29 is 22.2 Å². The van der Waals surface area contributed by atoms with Crippen molar-refractivity contribution in [2.24, 2.45) is 12.2 Å². The van der Waals surface area contributed by atoms with Crippen molar-refractivity contribution in [2.75, 3.05) is 20.6 Å². The van der Waals surface area contributed by atoms with Gasteiger partial charge in [-0.05, 0) is 20.5 Å². The van der Waals surface area contributed by atoms with Gasteiger partial charge in [-0.25, -0.2) is 9.13 Å². The summed E-state index contributed by atoms with van der Waals surface area (Å²) in [6, 6.07) is 0. The Balaban J connectivity index is 0. The Hall–Kier alpha value is -0.780. The van der Waals surface area contributed by atoms with Gasteiger partial charge in [0.2, 0.25) is 0 Å². The molecule has 0 unspecified atom stereocenters. The van der Waals surface area contributed by atoms with Gasteiger partial charge in [0.05, 0.1) is 13.6 Å². The molecule has 0 atom stereocenters. The van der Waals surface area contributed by atoms with E-state index in [2.05, 4.69) is 28.7 Å². The second-order valence-corrected chi connectivity index (χ2v) is 3.86. The molecule has 17 heavy (non-hydrogen) atoms. The van der Waals surface area contributed by atoms with Gasteiger partial charge in [0.1, 0.15) is 12.4 Å². The molecule has 0 aliphatic carbocycles. The third-order valence-corrected chi connectivity index (χ3v) is 2.30. The smallest absolute Gasteiger partial charge is 0.303 e. The molecule has 100 valence electrons. The molecule has 1 aromatic heterocycles. The van der Waals surface area contributed by atoms with Crippen molar-refractivity contribution >= 4 is 18.6 Å². The molecule has 1 aromatic rings. The Kier molecular flexibility index (Phi) is 10.1. The van der Waals surface area contributed by atoms with Crippen molar-refractivity contribution in [1.29, 1.82) is 0 Å². The van der Waals surface area contributed by atoms with Crippen LogP contribution in [0.4, 0.5) is 0 Å². The number of hydrogen-bond donors (Lipinski definition) is 1. The second-order valence-electron chi connectivity index (χ2n) is 3.86. The van der Waals surface area contributed by atoms with Gasteiger partial charge in [-0.15, -0.1) is 12.4 Å². The maximum atomic E-state index is 8.54. The van der Waals surface area contributed by atoms with Crippen LogP contribution in [0.15, 0.2) is 17.5 Å². The van der Waals surface area contributed by atoms with Gasteiger partial charge < -0.3 is 22.5 Å². The third-order valence-electron chi connectivity index (χ3n) is 2.30. The average molecular weight is 283 g/mol. The normalized spacial score (nSPS) is 10.4. The van der Waals surface area contributed by atoms with Crippen LogP contribution in [-0.4, -0.2) is 41.5 Å². The van der Waals surface area contributed by atoms with Crippen LogP contribution in [0, 0.1) is 0 Å². The van der Waals surface area contributed by atoms with E-state index < -0.39 is 0 Å². The largest absolute Gasteiger partial charge is 1.00 e. The molecule has 5 nitrogen and oxygen atoms in total. The van der Waals surface area contributed by atoms with Gasteiger partial charge >= 0.3 is 5.82 Å². The Morgan fingerprint density at radius 3 is 2.71 bits per heavy atom.